The van der Waals surface area contributed by atoms with Crippen LogP contribution in [-0.4, -0.2) is 23.8 Å². The monoisotopic (exact) mass is 431 g/mol. The van der Waals surface area contributed by atoms with Gasteiger partial charge in [-0.1, -0.05) is 29.8 Å². The van der Waals surface area contributed by atoms with Crippen molar-refractivity contribution in [1.29, 1.82) is 0 Å². The number of nitro groups is 1. The van der Waals surface area contributed by atoms with Gasteiger partial charge in [-0.25, -0.2) is 0 Å². The van der Waals surface area contributed by atoms with Crippen molar-refractivity contribution >= 4 is 29.3 Å². The van der Waals surface area contributed by atoms with E-state index in [1.807, 2.05) is 6.92 Å². The molecule has 32 heavy (non-hydrogen) atoms. The molecule has 3 aromatic rings. The summed E-state index contributed by atoms with van der Waals surface area (Å²) in [5.74, 6) is -0.434. The van der Waals surface area contributed by atoms with Crippen LogP contribution in [0.15, 0.2) is 78.5 Å². The Morgan fingerprint density at radius 3 is 2.31 bits per heavy atom. The fraction of sp³-hybridized carbons (Fsp3) is 0.0833. The first-order valence-electron chi connectivity index (χ1n) is 9.65. The summed E-state index contributed by atoms with van der Waals surface area (Å²) >= 11 is 0. The molecule has 0 atom stereocenters. The first kappa shape index (κ1) is 22.2. The number of ether oxygens (including phenoxy) is 1. The lowest BCUT2D eigenvalue weighted by atomic mass is 10.1. The van der Waals surface area contributed by atoms with E-state index in [2.05, 4.69) is 10.6 Å². The van der Waals surface area contributed by atoms with Crippen LogP contribution in [0.5, 0.6) is 5.75 Å². The Morgan fingerprint density at radius 1 is 1.00 bits per heavy atom. The van der Waals surface area contributed by atoms with E-state index in [-0.39, 0.29) is 11.4 Å². The molecule has 0 aliphatic heterocycles. The smallest absolute Gasteiger partial charge is 0.272 e. The predicted molar refractivity (Wildman–Crippen MR) is 121 cm³/mol. The molecule has 8 nitrogen and oxygen atoms in total. The maximum atomic E-state index is 13.0. The molecule has 0 bridgehead atoms. The molecule has 0 fully saturated rings. The number of nitrogens with zero attached hydrogens (tertiary/aromatic N) is 1. The van der Waals surface area contributed by atoms with E-state index in [0.717, 1.165) is 5.56 Å². The molecule has 0 spiro atoms. The minimum Gasteiger partial charge on any atom is -0.497 e. The minimum atomic E-state index is -0.581. The van der Waals surface area contributed by atoms with Crippen LogP contribution in [0, 0.1) is 17.0 Å². The molecule has 8 heteroatoms. The number of aryl methyl sites for hydroxylation is 1. The zero-order chi connectivity index (χ0) is 23.1. The van der Waals surface area contributed by atoms with Crippen molar-refractivity contribution in [2.45, 2.75) is 6.92 Å². The van der Waals surface area contributed by atoms with Gasteiger partial charge >= 0.3 is 0 Å². The molecule has 0 aromatic heterocycles. The van der Waals surface area contributed by atoms with Gasteiger partial charge in [0.2, 0.25) is 0 Å². The maximum Gasteiger partial charge on any atom is 0.272 e. The summed E-state index contributed by atoms with van der Waals surface area (Å²) in [6.07, 6.45) is 1.39. The van der Waals surface area contributed by atoms with Crippen molar-refractivity contribution < 1.29 is 19.2 Å². The zero-order valence-electron chi connectivity index (χ0n) is 17.5. The van der Waals surface area contributed by atoms with Crippen molar-refractivity contribution in [2.75, 3.05) is 12.4 Å². The van der Waals surface area contributed by atoms with Crippen LogP contribution in [0.1, 0.15) is 21.5 Å². The number of carbonyl (C=O) groups excluding carboxylic acids is 2. The molecule has 2 amide bonds. The highest BCUT2D eigenvalue weighted by Gasteiger charge is 2.16. The molecule has 3 rings (SSSR count). The Balaban J connectivity index is 1.91. The third-order valence-corrected chi connectivity index (χ3v) is 4.55. The molecule has 2 N–H and O–H groups in total. The second-order valence-corrected chi connectivity index (χ2v) is 6.91. The number of hydrogen-bond acceptors (Lipinski definition) is 5. The van der Waals surface area contributed by atoms with Crippen molar-refractivity contribution in [1.82, 2.24) is 5.32 Å². The molecule has 0 radical (unpaired) electrons. The number of non-ortho nitro benzene ring substituents is 1. The highest BCUT2D eigenvalue weighted by atomic mass is 16.6. The number of amides is 2. The molecule has 0 saturated heterocycles. The van der Waals surface area contributed by atoms with Gasteiger partial charge in [-0.3, -0.25) is 19.7 Å². The Morgan fingerprint density at radius 2 is 1.69 bits per heavy atom. The quantitative estimate of drug-likeness (QED) is 0.329. The summed E-state index contributed by atoms with van der Waals surface area (Å²) in [6, 6.07) is 19.3. The van der Waals surface area contributed by atoms with Crippen LogP contribution >= 0.6 is 0 Å². The number of nitro benzene ring substituents is 1. The van der Waals surface area contributed by atoms with Crippen LogP contribution in [0.25, 0.3) is 6.08 Å². The van der Waals surface area contributed by atoms with Crippen LogP contribution in [0.2, 0.25) is 0 Å². The highest BCUT2D eigenvalue weighted by molar-refractivity contribution is 6.10. The summed E-state index contributed by atoms with van der Waals surface area (Å²) in [5.41, 5.74) is 2.06. The van der Waals surface area contributed by atoms with Gasteiger partial charge in [0, 0.05) is 23.4 Å². The third-order valence-electron chi connectivity index (χ3n) is 4.55. The van der Waals surface area contributed by atoms with E-state index in [4.69, 9.17) is 4.74 Å². The molecule has 162 valence electrons. The van der Waals surface area contributed by atoms with Crippen LogP contribution in [-0.2, 0) is 4.79 Å². The average Bonchev–Trinajstić information content (AvgIpc) is 2.79. The summed E-state index contributed by atoms with van der Waals surface area (Å²) in [6.45, 7) is 1.90. The summed E-state index contributed by atoms with van der Waals surface area (Å²) in [7, 11) is 1.54. The van der Waals surface area contributed by atoms with Crippen LogP contribution < -0.4 is 15.4 Å². The van der Waals surface area contributed by atoms with E-state index >= 15 is 0 Å². The van der Waals surface area contributed by atoms with Crippen molar-refractivity contribution in [2.24, 2.45) is 0 Å². The molecule has 3 aromatic carbocycles. The molecule has 0 aliphatic rings. The van der Waals surface area contributed by atoms with E-state index in [1.165, 1.54) is 31.4 Å². The van der Waals surface area contributed by atoms with E-state index in [9.17, 15) is 19.7 Å². The fourth-order valence-electron chi connectivity index (χ4n) is 2.83. The van der Waals surface area contributed by atoms with Gasteiger partial charge in [0.25, 0.3) is 17.5 Å². The second kappa shape index (κ2) is 10.0. The number of methoxy groups -OCH3 is 1. The SMILES string of the molecule is COc1ccc(NC(=O)C(=Cc2cccc([N+](=O)[O-])c2)NC(=O)c2ccc(C)cc2)cc1. The van der Waals surface area contributed by atoms with Crippen molar-refractivity contribution in [3.05, 3.63) is 105 Å². The van der Waals surface area contributed by atoms with Gasteiger partial charge in [0.1, 0.15) is 11.4 Å². The maximum absolute atomic E-state index is 13.0. The Hall–Kier alpha value is -4.46. The van der Waals surface area contributed by atoms with Gasteiger partial charge in [0.05, 0.1) is 12.0 Å². The number of nitrogens with one attached hydrogen (secondary N) is 2. The molecule has 0 saturated carbocycles. The van der Waals surface area contributed by atoms with Crippen molar-refractivity contribution in [3.63, 3.8) is 0 Å². The van der Waals surface area contributed by atoms with Crippen LogP contribution in [0.4, 0.5) is 11.4 Å². The summed E-state index contributed by atoms with van der Waals surface area (Å²) in [4.78, 5) is 36.2. The van der Waals surface area contributed by atoms with E-state index in [1.54, 1.807) is 54.6 Å². The van der Waals surface area contributed by atoms with E-state index in [0.29, 0.717) is 22.6 Å². The molecular weight excluding hydrogens is 410 g/mol. The van der Waals surface area contributed by atoms with Crippen LogP contribution in [0.3, 0.4) is 0 Å². The minimum absolute atomic E-state index is 0.0631. The Kier molecular flexibility index (Phi) is 6.97. The lowest BCUT2D eigenvalue weighted by Crippen LogP contribution is -2.30. The molecular formula is C24H21N3O5. The predicted octanol–water partition coefficient (Wildman–Crippen LogP) is 4.32. The topological polar surface area (TPSA) is 111 Å². The number of anilines is 1. The summed E-state index contributed by atoms with van der Waals surface area (Å²) < 4.78 is 5.10. The Bertz CT molecular complexity index is 1170. The lowest BCUT2D eigenvalue weighted by Gasteiger charge is -2.12. The zero-order valence-corrected chi connectivity index (χ0v) is 17.5. The molecule has 0 unspecified atom stereocenters. The van der Waals surface area contributed by atoms with Gasteiger partial charge in [0.15, 0.2) is 0 Å². The standard InChI is InChI=1S/C24H21N3O5/c1-16-6-8-18(9-7-16)23(28)26-22(15-17-4-3-5-20(14-17)27(30)31)24(29)25-19-10-12-21(32-2)13-11-19/h3-15H,1-2H3,(H,25,29)(H,26,28). The van der Waals surface area contributed by atoms with Crippen molar-refractivity contribution in [3.8, 4) is 5.75 Å². The highest BCUT2D eigenvalue weighted by Crippen LogP contribution is 2.18. The first-order valence-corrected chi connectivity index (χ1v) is 9.65. The Labute approximate surface area is 184 Å². The third kappa shape index (κ3) is 5.79. The van der Waals surface area contributed by atoms with Gasteiger partial charge in [-0.05, 0) is 55.0 Å². The fourth-order valence-corrected chi connectivity index (χ4v) is 2.83. The lowest BCUT2D eigenvalue weighted by molar-refractivity contribution is -0.384. The summed E-state index contributed by atoms with van der Waals surface area (Å²) in [5, 5.41) is 16.4. The number of carbonyl (C=O) groups is 2. The van der Waals surface area contributed by atoms with Gasteiger partial charge in [-0.15, -0.1) is 0 Å². The average molecular weight is 431 g/mol. The number of benzene rings is 3. The largest absolute Gasteiger partial charge is 0.497 e. The number of hydrogen-bond donors (Lipinski definition) is 2. The van der Waals surface area contributed by atoms with Gasteiger partial charge in [-0.2, -0.15) is 0 Å². The normalized spacial score (nSPS) is 10.9. The second-order valence-electron chi connectivity index (χ2n) is 6.91. The van der Waals surface area contributed by atoms with Gasteiger partial charge < -0.3 is 15.4 Å². The molecule has 0 heterocycles. The molecule has 0 aliphatic carbocycles. The first-order chi connectivity index (χ1) is 15.4. The van der Waals surface area contributed by atoms with E-state index < -0.39 is 16.7 Å². The number of rotatable bonds is 7.